The van der Waals surface area contributed by atoms with Gasteiger partial charge in [-0.3, -0.25) is 19.1 Å². The van der Waals surface area contributed by atoms with E-state index in [1.165, 1.54) is 11.3 Å². The van der Waals surface area contributed by atoms with Crippen LogP contribution in [0.15, 0.2) is 27.2 Å². The van der Waals surface area contributed by atoms with Crippen molar-refractivity contribution in [3.05, 3.63) is 57.0 Å². The number of furan rings is 1. The predicted molar refractivity (Wildman–Crippen MR) is 121 cm³/mol. The van der Waals surface area contributed by atoms with Crippen molar-refractivity contribution in [1.29, 1.82) is 0 Å². The number of hydrogen-bond acceptors (Lipinski definition) is 5. The van der Waals surface area contributed by atoms with E-state index in [-0.39, 0.29) is 5.91 Å². The van der Waals surface area contributed by atoms with E-state index in [4.69, 9.17) is 4.42 Å². The Bertz CT molecular complexity index is 1070. The zero-order valence-corrected chi connectivity index (χ0v) is 20.1. The summed E-state index contributed by atoms with van der Waals surface area (Å²) in [7, 11) is 0. The van der Waals surface area contributed by atoms with Gasteiger partial charge in [0.25, 0.3) is 5.91 Å². The highest BCUT2D eigenvalue weighted by atomic mass is 79.9. The number of rotatable bonds is 6. The van der Waals surface area contributed by atoms with Gasteiger partial charge in [0.2, 0.25) is 0 Å². The lowest BCUT2D eigenvalue weighted by Crippen LogP contribution is -2.48. The van der Waals surface area contributed by atoms with Crippen molar-refractivity contribution in [3.8, 4) is 0 Å². The van der Waals surface area contributed by atoms with Crippen LogP contribution in [-0.4, -0.2) is 61.4 Å². The average Bonchev–Trinajstić information content (AvgIpc) is 3.44. The minimum atomic E-state index is -0.0459. The van der Waals surface area contributed by atoms with Crippen molar-refractivity contribution < 1.29 is 9.21 Å². The van der Waals surface area contributed by atoms with E-state index in [0.717, 1.165) is 47.8 Å². The zero-order chi connectivity index (χ0) is 22.1. The summed E-state index contributed by atoms with van der Waals surface area (Å²) in [6.07, 6.45) is 1.96. The summed E-state index contributed by atoms with van der Waals surface area (Å²) in [6.45, 7) is 13.5. The first-order valence-electron chi connectivity index (χ1n) is 10.7. The molecule has 31 heavy (non-hydrogen) atoms. The molecule has 3 aromatic heterocycles. The largest absolute Gasteiger partial charge is 0.454 e. The average molecular weight is 489 g/mol. The summed E-state index contributed by atoms with van der Waals surface area (Å²) in [5, 5.41) is 8.94. The summed E-state index contributed by atoms with van der Waals surface area (Å²) in [6, 6.07) is 3.63. The van der Waals surface area contributed by atoms with Gasteiger partial charge in [0.05, 0.1) is 28.6 Å². The molecule has 166 valence electrons. The van der Waals surface area contributed by atoms with Crippen LogP contribution >= 0.6 is 15.9 Å². The molecule has 1 amide bonds. The van der Waals surface area contributed by atoms with E-state index in [0.29, 0.717) is 25.4 Å². The van der Waals surface area contributed by atoms with Gasteiger partial charge in [0.15, 0.2) is 5.76 Å². The van der Waals surface area contributed by atoms with E-state index in [1.807, 2.05) is 40.4 Å². The zero-order valence-electron chi connectivity index (χ0n) is 18.6. The van der Waals surface area contributed by atoms with Gasteiger partial charge >= 0.3 is 0 Å². The van der Waals surface area contributed by atoms with E-state index in [1.54, 1.807) is 6.07 Å². The number of piperazine rings is 1. The van der Waals surface area contributed by atoms with Gasteiger partial charge in [0.1, 0.15) is 5.76 Å². The van der Waals surface area contributed by atoms with E-state index < -0.39 is 0 Å². The third-order valence-electron chi connectivity index (χ3n) is 6.03. The molecule has 0 atom stereocenters. The molecule has 1 fully saturated rings. The molecular weight excluding hydrogens is 460 g/mol. The number of carbonyl (C=O) groups is 1. The smallest absolute Gasteiger partial charge is 0.289 e. The number of carbonyl (C=O) groups excluding carboxylic acids is 1. The Balaban J connectivity index is 1.33. The molecule has 4 rings (SSSR count). The normalized spacial score (nSPS) is 15.1. The van der Waals surface area contributed by atoms with Crippen molar-refractivity contribution in [2.24, 2.45) is 0 Å². The number of aromatic nitrogens is 4. The minimum absolute atomic E-state index is 0.0459. The van der Waals surface area contributed by atoms with Crippen LogP contribution in [0.5, 0.6) is 0 Å². The van der Waals surface area contributed by atoms with Gasteiger partial charge in [-0.15, -0.1) is 0 Å². The van der Waals surface area contributed by atoms with Crippen LogP contribution in [0.2, 0.25) is 0 Å². The van der Waals surface area contributed by atoms with E-state index >= 15 is 0 Å². The van der Waals surface area contributed by atoms with Gasteiger partial charge in [-0.2, -0.15) is 10.2 Å². The molecule has 0 aromatic carbocycles. The van der Waals surface area contributed by atoms with Gasteiger partial charge in [0, 0.05) is 50.5 Å². The van der Waals surface area contributed by atoms with Crippen LogP contribution in [0.1, 0.15) is 45.9 Å². The molecule has 4 heterocycles. The van der Waals surface area contributed by atoms with Gasteiger partial charge in [-0.1, -0.05) is 0 Å². The third kappa shape index (κ3) is 4.48. The van der Waals surface area contributed by atoms with Crippen molar-refractivity contribution in [3.63, 3.8) is 0 Å². The molecule has 1 aliphatic rings. The molecule has 1 aliphatic heterocycles. The summed E-state index contributed by atoms with van der Waals surface area (Å²) >= 11 is 3.54. The van der Waals surface area contributed by atoms with Crippen molar-refractivity contribution in [2.45, 2.75) is 47.3 Å². The topological polar surface area (TPSA) is 72.3 Å². The van der Waals surface area contributed by atoms with Gasteiger partial charge in [-0.05, 0) is 55.8 Å². The number of halogens is 1. The van der Waals surface area contributed by atoms with Crippen LogP contribution in [0, 0.1) is 20.8 Å². The van der Waals surface area contributed by atoms with Gasteiger partial charge < -0.3 is 9.32 Å². The highest BCUT2D eigenvalue weighted by Crippen LogP contribution is 2.22. The van der Waals surface area contributed by atoms with Crippen LogP contribution in [0.25, 0.3) is 0 Å². The second-order valence-electron chi connectivity index (χ2n) is 8.05. The maximum atomic E-state index is 12.9. The molecule has 0 aliphatic carbocycles. The van der Waals surface area contributed by atoms with Crippen molar-refractivity contribution >= 4 is 21.8 Å². The van der Waals surface area contributed by atoms with Crippen LogP contribution in [0.3, 0.4) is 0 Å². The lowest BCUT2D eigenvalue weighted by atomic mass is 10.2. The fourth-order valence-electron chi connectivity index (χ4n) is 4.02. The number of aryl methyl sites for hydroxylation is 2. The second kappa shape index (κ2) is 9.00. The van der Waals surface area contributed by atoms with Crippen molar-refractivity contribution in [1.82, 2.24) is 29.4 Å². The number of hydrogen-bond donors (Lipinski definition) is 0. The molecule has 0 saturated carbocycles. The first-order valence-corrected chi connectivity index (χ1v) is 11.5. The first kappa shape index (κ1) is 21.8. The molecule has 0 unspecified atom stereocenters. The summed E-state index contributed by atoms with van der Waals surface area (Å²) in [4.78, 5) is 17.2. The Labute approximate surface area is 190 Å². The highest BCUT2D eigenvalue weighted by molar-refractivity contribution is 9.10. The lowest BCUT2D eigenvalue weighted by molar-refractivity contribution is 0.0595. The summed E-state index contributed by atoms with van der Waals surface area (Å²) < 4.78 is 10.8. The minimum Gasteiger partial charge on any atom is -0.454 e. The third-order valence-corrected chi connectivity index (χ3v) is 7.18. The Kier molecular flexibility index (Phi) is 6.34. The Morgan fingerprint density at radius 1 is 1.06 bits per heavy atom. The molecule has 3 aromatic rings. The number of amides is 1. The second-order valence-corrected chi connectivity index (χ2v) is 8.84. The van der Waals surface area contributed by atoms with Crippen LogP contribution < -0.4 is 0 Å². The van der Waals surface area contributed by atoms with E-state index in [9.17, 15) is 4.79 Å². The Morgan fingerprint density at radius 3 is 2.42 bits per heavy atom. The fraction of sp³-hybridized carbons (Fsp3) is 0.500. The van der Waals surface area contributed by atoms with Crippen LogP contribution in [0.4, 0.5) is 0 Å². The lowest BCUT2D eigenvalue weighted by Gasteiger charge is -2.34. The fourth-order valence-corrected chi connectivity index (χ4v) is 4.30. The molecule has 0 bridgehead atoms. The Hall–Kier alpha value is -2.39. The first-order chi connectivity index (χ1) is 14.9. The maximum absolute atomic E-state index is 12.9. The molecule has 9 heteroatoms. The molecule has 8 nitrogen and oxygen atoms in total. The van der Waals surface area contributed by atoms with Gasteiger partial charge in [-0.25, -0.2) is 0 Å². The predicted octanol–water partition coefficient (Wildman–Crippen LogP) is 3.39. The molecule has 0 N–H and O–H groups in total. The molecule has 0 radical (unpaired) electrons. The molecule has 1 saturated heterocycles. The standard InChI is InChI=1S/C22H29BrN6O2/c1-5-28-16(3)18(12-24-28)13-26-8-10-27(11-9-26)22(30)20-7-6-19(31-20)14-29-17(4)21(23)15(2)25-29/h6-7,12H,5,8-11,13-14H2,1-4H3. The van der Waals surface area contributed by atoms with Crippen LogP contribution in [-0.2, 0) is 19.6 Å². The highest BCUT2D eigenvalue weighted by Gasteiger charge is 2.25. The monoisotopic (exact) mass is 488 g/mol. The number of nitrogens with zero attached hydrogens (tertiary/aromatic N) is 6. The quantitative estimate of drug-likeness (QED) is 0.531. The van der Waals surface area contributed by atoms with E-state index in [2.05, 4.69) is 44.9 Å². The van der Waals surface area contributed by atoms with Crippen molar-refractivity contribution in [2.75, 3.05) is 26.2 Å². The SMILES string of the molecule is CCn1ncc(CN2CCN(C(=O)c3ccc(Cn4nc(C)c(Br)c4C)o3)CC2)c1C. The molecular formula is C22H29BrN6O2. The summed E-state index contributed by atoms with van der Waals surface area (Å²) in [5.74, 6) is 1.07. The Morgan fingerprint density at radius 2 is 1.81 bits per heavy atom. The summed E-state index contributed by atoms with van der Waals surface area (Å²) in [5.41, 5.74) is 4.46. The maximum Gasteiger partial charge on any atom is 0.289 e. The molecule has 0 spiro atoms.